The zero-order valence-corrected chi connectivity index (χ0v) is 66.1. The van der Waals surface area contributed by atoms with Crippen molar-refractivity contribution in [3.8, 4) is 0 Å². The Morgan fingerprint density at radius 1 is 0.442 bits per heavy atom. The molecule has 14 atom stereocenters. The topological polar surface area (TPSA) is 225 Å². The third kappa shape index (κ3) is 24.5. The average molecular weight is 1420 g/mol. The van der Waals surface area contributed by atoms with E-state index in [1.807, 2.05) is 109 Å². The first kappa shape index (κ1) is 83.9. The molecule has 21 nitrogen and oxygen atoms in total. The summed E-state index contributed by atoms with van der Waals surface area (Å²) in [6, 6.07) is 0. The van der Waals surface area contributed by atoms with Crippen molar-refractivity contribution in [2.45, 2.75) is 256 Å². The van der Waals surface area contributed by atoms with Crippen LogP contribution < -0.4 is 0 Å². The smallest absolute Gasteiger partial charge is 0.465 e. The van der Waals surface area contributed by atoms with E-state index in [9.17, 15) is 19.2 Å². The fraction of sp³-hybridized carbons (Fsp3) is 0.943. The quantitative estimate of drug-likeness (QED) is 0.0423. The van der Waals surface area contributed by atoms with E-state index in [2.05, 4.69) is 6.92 Å². The fourth-order valence-corrected chi connectivity index (χ4v) is 24.8. The summed E-state index contributed by atoms with van der Waals surface area (Å²) in [6.45, 7) is 43.1. The highest BCUT2D eigenvalue weighted by Crippen LogP contribution is 2.60. The van der Waals surface area contributed by atoms with E-state index in [0.717, 1.165) is 75.4 Å². The molecule has 554 valence electrons. The van der Waals surface area contributed by atoms with Crippen LogP contribution in [0.5, 0.6) is 0 Å². The van der Waals surface area contributed by atoms with Crippen molar-refractivity contribution in [1.29, 1.82) is 0 Å². The Bertz CT molecular complexity index is 2020. The van der Waals surface area contributed by atoms with Crippen molar-refractivity contribution in [2.75, 3.05) is 99.1 Å². The summed E-state index contributed by atoms with van der Waals surface area (Å²) >= 11 is 0. The number of rotatable bonds is 27. The fourth-order valence-electron chi connectivity index (χ4n) is 17.5. The summed E-state index contributed by atoms with van der Waals surface area (Å²) in [7, 11) is -9.00. The van der Waals surface area contributed by atoms with E-state index in [-0.39, 0.29) is 47.4 Å². The van der Waals surface area contributed by atoms with E-state index in [1.165, 1.54) is 77.0 Å². The van der Waals surface area contributed by atoms with Crippen LogP contribution in [-0.2, 0) is 96.0 Å². The second-order valence-corrected chi connectivity index (χ2v) is 38.0. The van der Waals surface area contributed by atoms with Gasteiger partial charge in [-0.25, -0.2) is 0 Å². The van der Waals surface area contributed by atoms with Gasteiger partial charge >= 0.3 is 59.1 Å². The monoisotopic (exact) mass is 1420 g/mol. The molecule has 0 N–H and O–H groups in total. The molecule has 5 saturated heterocycles. The third-order valence-corrected chi connectivity index (χ3v) is 31.2. The predicted molar refractivity (Wildman–Crippen MR) is 371 cm³/mol. The van der Waals surface area contributed by atoms with Gasteiger partial charge < -0.3 is 76.8 Å². The maximum absolute atomic E-state index is 12.3. The minimum Gasteiger partial charge on any atom is -0.465 e. The molecule has 0 aromatic rings. The number of fused-ring (bicyclic) bond motifs is 15. The lowest BCUT2D eigenvalue weighted by Crippen LogP contribution is -2.42. The minimum atomic E-state index is -2.25. The maximum atomic E-state index is 12.3. The summed E-state index contributed by atoms with van der Waals surface area (Å²) in [4.78, 5) is 45.8. The molecule has 12 fully saturated rings. The third-order valence-electron chi connectivity index (χ3n) is 21.4. The second kappa shape index (κ2) is 41.4. The SMILES string of the molecule is CCC1(OC(=O)C2CC3CCC2C3)CCCC1.CCO[Si](C)(OCC)OCC.CCO[Si](C)(OCC)OCC.CCO[Si](C)(OCC)OCC.CCO[Si](C)(OCC)OCC.O=C1CC2(CO1)CC1CCC2C1.O=C1OCC2C3CCC(C3)C12.O=C1OCC2C3CCC(O3)C12. The zero-order chi connectivity index (χ0) is 69.9. The number of esters is 4. The molecular formula is C70H132O21Si4. The average Bonchev–Trinajstić information content (AvgIpc) is 1.62. The van der Waals surface area contributed by atoms with Crippen molar-refractivity contribution >= 4 is 59.1 Å². The van der Waals surface area contributed by atoms with Gasteiger partial charge in [-0.3, -0.25) is 19.2 Å². The van der Waals surface area contributed by atoms with Crippen LogP contribution in [0.15, 0.2) is 0 Å². The molecule has 0 radical (unpaired) electrons. The lowest BCUT2D eigenvalue weighted by molar-refractivity contribution is -0.166. The standard InChI is InChI=1S/C15H24O2.C10H14O2.C9H12O2.C8H10O3.4C7H18O3Si/c1-2-15(7-3-4-8-15)17-14(16)13-10-11-5-6-12(13)9-11;11-9-5-10(6-12-9)4-7-1-2-8(10)3-7;10-9-8-6-2-1-5(3-6)7(8)4-11-9;9-8-7-4(3-10-8)5-1-2-6(7)11-5;4*1-5-8-11(4,9-6-2)10-7-3/h11-13H,2-10H2,1H3;7-8H,1-6H2;5-8H,1-4H2;4-7H,1-3H2;4*5-7H2,1-4H3. The van der Waals surface area contributed by atoms with Crippen LogP contribution in [0.1, 0.15) is 212 Å². The highest BCUT2D eigenvalue weighted by atomic mass is 28.4. The molecule has 1 spiro atoms. The van der Waals surface area contributed by atoms with E-state index >= 15 is 0 Å². The van der Waals surface area contributed by atoms with Crippen LogP contribution in [-0.4, -0.2) is 176 Å². The predicted octanol–water partition coefficient (Wildman–Crippen LogP) is 13.6. The van der Waals surface area contributed by atoms with E-state index < -0.39 is 35.2 Å². The van der Waals surface area contributed by atoms with Crippen molar-refractivity contribution in [2.24, 2.45) is 70.5 Å². The molecule has 7 saturated carbocycles. The molecule has 7 aliphatic carbocycles. The van der Waals surface area contributed by atoms with Gasteiger partial charge in [-0.15, -0.1) is 0 Å². The van der Waals surface area contributed by atoms with Crippen molar-refractivity contribution in [3.63, 3.8) is 0 Å². The molecule has 12 rings (SSSR count). The van der Waals surface area contributed by atoms with Crippen LogP contribution in [0.2, 0.25) is 26.2 Å². The van der Waals surface area contributed by atoms with Gasteiger partial charge in [-0.1, -0.05) is 19.8 Å². The number of carbonyl (C=O) groups is 4. The zero-order valence-electron chi connectivity index (χ0n) is 62.1. The van der Waals surface area contributed by atoms with Crippen LogP contribution in [0.25, 0.3) is 0 Å². The van der Waals surface area contributed by atoms with Crippen LogP contribution >= 0.6 is 0 Å². The Morgan fingerprint density at radius 3 is 1.22 bits per heavy atom. The number of ether oxygens (including phenoxy) is 5. The number of hydrogen-bond acceptors (Lipinski definition) is 21. The summed E-state index contributed by atoms with van der Waals surface area (Å²) in [5, 5.41) is 0. The number of hydrogen-bond donors (Lipinski definition) is 0. The van der Waals surface area contributed by atoms with Crippen LogP contribution in [0, 0.1) is 70.5 Å². The van der Waals surface area contributed by atoms with Gasteiger partial charge in [0.1, 0.15) is 5.60 Å². The van der Waals surface area contributed by atoms with Gasteiger partial charge in [-0.2, -0.15) is 0 Å². The molecular weight excluding hydrogens is 1290 g/mol. The molecule has 14 unspecified atom stereocenters. The summed E-state index contributed by atoms with van der Waals surface area (Å²) in [5.41, 5.74) is 0.221. The molecule has 0 aromatic heterocycles. The summed E-state index contributed by atoms with van der Waals surface area (Å²) < 4.78 is 91.6. The van der Waals surface area contributed by atoms with Gasteiger partial charge in [0, 0.05) is 123 Å². The number of cyclic esters (lactones) is 3. The molecule has 12 aliphatic rings. The normalized spacial score (nSPS) is 31.1. The molecule has 25 heteroatoms. The molecule has 0 aromatic carbocycles. The Balaban J connectivity index is 0.000000198. The molecule has 5 aliphatic heterocycles. The number of carbonyl (C=O) groups excluding carboxylic acids is 4. The van der Waals surface area contributed by atoms with Gasteiger partial charge in [-0.05, 0) is 221 Å². The van der Waals surface area contributed by atoms with Gasteiger partial charge in [0.05, 0.1) is 56.2 Å². The highest BCUT2D eigenvalue weighted by Gasteiger charge is 2.58. The molecule has 0 amide bonds. The van der Waals surface area contributed by atoms with Gasteiger partial charge in [0.2, 0.25) is 0 Å². The summed E-state index contributed by atoms with van der Waals surface area (Å²) in [5.74, 6) is 6.66. The van der Waals surface area contributed by atoms with E-state index in [0.29, 0.717) is 133 Å². The Hall–Kier alpha value is -1.77. The molecule has 5 heterocycles. The van der Waals surface area contributed by atoms with Gasteiger partial charge in [0.15, 0.2) is 0 Å². The maximum Gasteiger partial charge on any atom is 0.497 e. The van der Waals surface area contributed by atoms with Crippen molar-refractivity contribution in [1.82, 2.24) is 0 Å². The largest absolute Gasteiger partial charge is 0.497 e. The lowest BCUT2D eigenvalue weighted by atomic mass is 9.73. The van der Waals surface area contributed by atoms with E-state index in [1.54, 1.807) is 0 Å². The van der Waals surface area contributed by atoms with Crippen molar-refractivity contribution in [3.05, 3.63) is 0 Å². The second-order valence-electron chi connectivity index (χ2n) is 27.6. The first-order chi connectivity index (χ1) is 45.5. The Labute approximate surface area is 577 Å². The summed E-state index contributed by atoms with van der Waals surface area (Å²) in [6.07, 6.45) is 23.4. The minimum absolute atomic E-state index is 0.0257. The van der Waals surface area contributed by atoms with Gasteiger partial charge in [0.25, 0.3) is 0 Å². The van der Waals surface area contributed by atoms with Crippen LogP contribution in [0.3, 0.4) is 0 Å². The molecule has 8 bridgehead atoms. The highest BCUT2D eigenvalue weighted by molar-refractivity contribution is 6.60. The first-order valence-electron chi connectivity index (χ1n) is 37.5. The van der Waals surface area contributed by atoms with Crippen LogP contribution in [0.4, 0.5) is 0 Å². The molecule has 95 heavy (non-hydrogen) atoms. The lowest BCUT2D eigenvalue weighted by Gasteiger charge is -2.31. The van der Waals surface area contributed by atoms with E-state index in [4.69, 9.17) is 76.8 Å². The first-order valence-corrected chi connectivity index (χ1v) is 46.4. The van der Waals surface area contributed by atoms with Crippen molar-refractivity contribution < 1.29 is 96.0 Å². The Kier molecular flexibility index (Phi) is 36.5. The Morgan fingerprint density at radius 2 is 0.863 bits per heavy atom.